The summed E-state index contributed by atoms with van der Waals surface area (Å²) in [5.41, 5.74) is 3.82. The third kappa shape index (κ3) is 2.94. The van der Waals surface area contributed by atoms with Crippen LogP contribution < -0.4 is 9.64 Å². The van der Waals surface area contributed by atoms with Crippen molar-refractivity contribution in [2.45, 2.75) is 13.0 Å². The standard InChI is InChI=1S/C17H21NO2/c1-12-8-9-16(20-4)15(10-12)17(19)13-6-5-7-14(11-13)18(2)3/h5-11,17,19H,1-4H3. The fourth-order valence-corrected chi connectivity index (χ4v) is 2.22. The Morgan fingerprint density at radius 3 is 2.50 bits per heavy atom. The number of nitrogens with zero attached hydrogens (tertiary/aromatic N) is 1. The predicted octanol–water partition coefficient (Wildman–Crippen LogP) is 3.15. The number of anilines is 1. The van der Waals surface area contributed by atoms with Crippen molar-refractivity contribution in [3.05, 3.63) is 59.2 Å². The van der Waals surface area contributed by atoms with Gasteiger partial charge in [-0.2, -0.15) is 0 Å². The van der Waals surface area contributed by atoms with Gasteiger partial charge in [-0.3, -0.25) is 0 Å². The molecule has 2 aromatic rings. The van der Waals surface area contributed by atoms with E-state index in [4.69, 9.17) is 4.74 Å². The molecule has 0 saturated heterocycles. The monoisotopic (exact) mass is 271 g/mol. The average Bonchev–Trinajstić information content (AvgIpc) is 2.46. The average molecular weight is 271 g/mol. The van der Waals surface area contributed by atoms with E-state index < -0.39 is 6.10 Å². The zero-order valence-corrected chi connectivity index (χ0v) is 12.4. The molecule has 3 nitrogen and oxygen atoms in total. The molecule has 0 radical (unpaired) electrons. The van der Waals surface area contributed by atoms with E-state index in [0.29, 0.717) is 5.75 Å². The summed E-state index contributed by atoms with van der Waals surface area (Å²) in [6.45, 7) is 2.01. The number of hydrogen-bond acceptors (Lipinski definition) is 3. The van der Waals surface area contributed by atoms with Gasteiger partial charge in [-0.25, -0.2) is 0 Å². The fraction of sp³-hybridized carbons (Fsp3) is 0.294. The highest BCUT2D eigenvalue weighted by Gasteiger charge is 2.16. The summed E-state index contributed by atoms with van der Waals surface area (Å²) >= 11 is 0. The first-order chi connectivity index (χ1) is 9.52. The zero-order chi connectivity index (χ0) is 14.7. The first kappa shape index (κ1) is 14.4. The molecule has 0 spiro atoms. The van der Waals surface area contributed by atoms with Gasteiger partial charge in [0.05, 0.1) is 7.11 Å². The lowest BCUT2D eigenvalue weighted by atomic mass is 9.98. The Morgan fingerprint density at radius 1 is 1.10 bits per heavy atom. The van der Waals surface area contributed by atoms with Crippen molar-refractivity contribution in [2.75, 3.05) is 26.1 Å². The van der Waals surface area contributed by atoms with Crippen LogP contribution in [0, 0.1) is 6.92 Å². The molecule has 0 amide bonds. The number of methoxy groups -OCH3 is 1. The maximum atomic E-state index is 10.6. The van der Waals surface area contributed by atoms with E-state index in [2.05, 4.69) is 0 Å². The zero-order valence-electron chi connectivity index (χ0n) is 12.4. The Hall–Kier alpha value is -2.00. The van der Waals surface area contributed by atoms with Crippen LogP contribution in [-0.2, 0) is 0 Å². The van der Waals surface area contributed by atoms with Crippen molar-refractivity contribution in [2.24, 2.45) is 0 Å². The second-order valence-electron chi connectivity index (χ2n) is 5.14. The normalized spacial score (nSPS) is 12.1. The maximum Gasteiger partial charge on any atom is 0.125 e. The molecule has 1 N–H and O–H groups in total. The van der Waals surface area contributed by atoms with Crippen LogP contribution in [0.4, 0.5) is 5.69 Å². The van der Waals surface area contributed by atoms with Crippen LogP contribution >= 0.6 is 0 Å². The smallest absolute Gasteiger partial charge is 0.125 e. The van der Waals surface area contributed by atoms with Gasteiger partial charge >= 0.3 is 0 Å². The molecule has 0 saturated carbocycles. The van der Waals surface area contributed by atoms with Crippen molar-refractivity contribution in [3.8, 4) is 5.75 Å². The molecular formula is C17H21NO2. The SMILES string of the molecule is COc1ccc(C)cc1C(O)c1cccc(N(C)C)c1. The minimum absolute atomic E-state index is 0.690. The largest absolute Gasteiger partial charge is 0.496 e. The minimum atomic E-state index is -0.690. The van der Waals surface area contributed by atoms with Gasteiger partial charge in [0.25, 0.3) is 0 Å². The van der Waals surface area contributed by atoms with Crippen LogP contribution in [0.3, 0.4) is 0 Å². The Bertz CT molecular complexity index is 593. The van der Waals surface area contributed by atoms with E-state index in [9.17, 15) is 5.11 Å². The quantitative estimate of drug-likeness (QED) is 0.927. The summed E-state index contributed by atoms with van der Waals surface area (Å²) in [6.07, 6.45) is -0.690. The first-order valence-corrected chi connectivity index (χ1v) is 6.63. The van der Waals surface area contributed by atoms with Gasteiger partial charge in [0.2, 0.25) is 0 Å². The number of aliphatic hydroxyl groups excluding tert-OH is 1. The van der Waals surface area contributed by atoms with Crippen LogP contribution in [0.1, 0.15) is 22.8 Å². The Kier molecular flexibility index (Phi) is 4.30. The van der Waals surface area contributed by atoms with Crippen LogP contribution in [0.25, 0.3) is 0 Å². The fourth-order valence-electron chi connectivity index (χ4n) is 2.22. The number of ether oxygens (including phenoxy) is 1. The molecule has 20 heavy (non-hydrogen) atoms. The molecule has 106 valence electrons. The third-order valence-electron chi connectivity index (χ3n) is 3.38. The third-order valence-corrected chi connectivity index (χ3v) is 3.38. The van der Waals surface area contributed by atoms with Gasteiger partial charge in [-0.05, 0) is 36.8 Å². The molecule has 0 aliphatic carbocycles. The highest BCUT2D eigenvalue weighted by molar-refractivity contribution is 5.50. The number of aliphatic hydroxyl groups is 1. The summed E-state index contributed by atoms with van der Waals surface area (Å²) in [4.78, 5) is 2.02. The molecule has 1 unspecified atom stereocenters. The van der Waals surface area contributed by atoms with Gasteiger partial charge in [0.1, 0.15) is 11.9 Å². The Morgan fingerprint density at radius 2 is 1.85 bits per heavy atom. The molecule has 0 heterocycles. The molecule has 0 aliphatic rings. The number of hydrogen-bond donors (Lipinski definition) is 1. The second kappa shape index (κ2) is 5.97. The van der Waals surface area contributed by atoms with Crippen LogP contribution in [-0.4, -0.2) is 26.3 Å². The molecule has 2 aromatic carbocycles. The lowest BCUT2D eigenvalue weighted by molar-refractivity contribution is 0.214. The molecule has 0 aromatic heterocycles. The molecule has 3 heteroatoms. The Balaban J connectivity index is 2.43. The highest BCUT2D eigenvalue weighted by Crippen LogP contribution is 2.32. The van der Waals surface area contributed by atoms with Crippen molar-refractivity contribution in [1.29, 1.82) is 0 Å². The summed E-state index contributed by atoms with van der Waals surface area (Å²) in [7, 11) is 5.59. The van der Waals surface area contributed by atoms with E-state index in [1.54, 1.807) is 7.11 Å². The van der Waals surface area contributed by atoms with Crippen LogP contribution in [0.2, 0.25) is 0 Å². The van der Waals surface area contributed by atoms with E-state index in [0.717, 1.165) is 22.4 Å². The molecule has 1 atom stereocenters. The summed E-state index contributed by atoms with van der Waals surface area (Å²) < 4.78 is 5.35. The maximum absolute atomic E-state index is 10.6. The summed E-state index contributed by atoms with van der Waals surface area (Å²) in [5, 5.41) is 10.6. The summed E-state index contributed by atoms with van der Waals surface area (Å²) in [5.74, 6) is 0.707. The highest BCUT2D eigenvalue weighted by atomic mass is 16.5. The predicted molar refractivity (Wildman–Crippen MR) is 82.6 cm³/mol. The van der Waals surface area contributed by atoms with Gasteiger partial charge < -0.3 is 14.7 Å². The molecule has 0 fully saturated rings. The molecule has 0 bridgehead atoms. The lowest BCUT2D eigenvalue weighted by Gasteiger charge is -2.18. The van der Waals surface area contributed by atoms with E-state index >= 15 is 0 Å². The number of rotatable bonds is 4. The van der Waals surface area contributed by atoms with E-state index in [-0.39, 0.29) is 0 Å². The summed E-state index contributed by atoms with van der Waals surface area (Å²) in [6, 6.07) is 13.7. The lowest BCUT2D eigenvalue weighted by Crippen LogP contribution is -2.10. The van der Waals surface area contributed by atoms with Gasteiger partial charge in [0.15, 0.2) is 0 Å². The van der Waals surface area contributed by atoms with Gasteiger partial charge in [0, 0.05) is 25.3 Å². The molecular weight excluding hydrogens is 250 g/mol. The van der Waals surface area contributed by atoms with E-state index in [1.165, 1.54) is 0 Å². The van der Waals surface area contributed by atoms with Gasteiger partial charge in [-0.15, -0.1) is 0 Å². The molecule has 2 rings (SSSR count). The van der Waals surface area contributed by atoms with E-state index in [1.807, 2.05) is 68.4 Å². The Labute approximate surface area is 120 Å². The topological polar surface area (TPSA) is 32.7 Å². The van der Waals surface area contributed by atoms with Crippen molar-refractivity contribution in [3.63, 3.8) is 0 Å². The van der Waals surface area contributed by atoms with Gasteiger partial charge in [-0.1, -0.05) is 23.8 Å². The van der Waals surface area contributed by atoms with Crippen molar-refractivity contribution in [1.82, 2.24) is 0 Å². The molecule has 0 aliphatic heterocycles. The number of aryl methyl sites for hydroxylation is 1. The van der Waals surface area contributed by atoms with Crippen molar-refractivity contribution < 1.29 is 9.84 Å². The van der Waals surface area contributed by atoms with Crippen molar-refractivity contribution >= 4 is 5.69 Å². The first-order valence-electron chi connectivity index (χ1n) is 6.63. The van der Waals surface area contributed by atoms with Crippen LogP contribution in [0.5, 0.6) is 5.75 Å². The number of benzene rings is 2. The second-order valence-corrected chi connectivity index (χ2v) is 5.14. The van der Waals surface area contributed by atoms with Crippen LogP contribution in [0.15, 0.2) is 42.5 Å². The minimum Gasteiger partial charge on any atom is -0.496 e.